The first-order chi connectivity index (χ1) is 5.07. The van der Waals surface area contributed by atoms with E-state index in [4.69, 9.17) is 5.73 Å². The molecule has 11 heavy (non-hydrogen) atoms. The minimum absolute atomic E-state index is 0.577. The summed E-state index contributed by atoms with van der Waals surface area (Å²) in [5, 5.41) is 0. The van der Waals surface area contributed by atoms with E-state index in [0.29, 0.717) is 5.70 Å². The van der Waals surface area contributed by atoms with Gasteiger partial charge in [0.2, 0.25) is 0 Å². The van der Waals surface area contributed by atoms with E-state index in [1.807, 2.05) is 0 Å². The number of hydrogen-bond acceptors (Lipinski definition) is 2. The maximum absolute atomic E-state index is 10.8. The van der Waals surface area contributed by atoms with E-state index in [9.17, 15) is 4.21 Å². The summed E-state index contributed by atoms with van der Waals surface area (Å²) in [6.45, 7) is 5.27. The predicted octanol–water partition coefficient (Wildman–Crippen LogP) is 1.30. The van der Waals surface area contributed by atoms with Crippen LogP contribution >= 0.6 is 0 Å². The first-order valence-corrected chi connectivity index (χ1v) is 4.73. The topological polar surface area (TPSA) is 43.1 Å². The van der Waals surface area contributed by atoms with E-state index in [1.165, 1.54) is 0 Å². The molecule has 0 saturated carbocycles. The minimum atomic E-state index is -0.929. The Balaban J connectivity index is 4.42. The molecule has 0 aromatic carbocycles. The van der Waals surface area contributed by atoms with Gasteiger partial charge >= 0.3 is 0 Å². The molecule has 0 aliphatic heterocycles. The van der Waals surface area contributed by atoms with Gasteiger partial charge < -0.3 is 5.73 Å². The molecule has 1 atom stereocenters. The maximum Gasteiger partial charge on any atom is 0.0454 e. The average molecular weight is 171 g/mol. The largest absolute Gasteiger partial charge is 0.399 e. The van der Waals surface area contributed by atoms with Crippen molar-refractivity contribution in [3.8, 4) is 0 Å². The van der Waals surface area contributed by atoms with Crippen molar-refractivity contribution < 1.29 is 4.21 Å². The molecule has 0 rings (SSSR count). The molecule has 0 bridgehead atoms. The van der Waals surface area contributed by atoms with Crippen LogP contribution in [0, 0.1) is 0 Å². The molecule has 0 aliphatic carbocycles. The van der Waals surface area contributed by atoms with E-state index in [0.717, 1.165) is 4.91 Å². The Hall–Kier alpha value is -0.830. The zero-order valence-corrected chi connectivity index (χ0v) is 7.65. The predicted molar refractivity (Wildman–Crippen MR) is 50.3 cm³/mol. The number of rotatable bonds is 3. The lowest BCUT2D eigenvalue weighted by Crippen LogP contribution is -1.95. The van der Waals surface area contributed by atoms with Crippen molar-refractivity contribution in [2.45, 2.75) is 6.92 Å². The van der Waals surface area contributed by atoms with Crippen molar-refractivity contribution >= 4 is 10.8 Å². The van der Waals surface area contributed by atoms with E-state index in [2.05, 4.69) is 6.58 Å². The van der Waals surface area contributed by atoms with Crippen LogP contribution in [0.25, 0.3) is 0 Å². The van der Waals surface area contributed by atoms with Crippen LogP contribution in [0.4, 0.5) is 0 Å². The highest BCUT2D eigenvalue weighted by molar-refractivity contribution is 7.88. The molecule has 2 nitrogen and oxygen atoms in total. The first-order valence-electron chi connectivity index (χ1n) is 3.18. The van der Waals surface area contributed by atoms with Gasteiger partial charge in [-0.15, -0.1) is 0 Å². The first kappa shape index (κ1) is 10.2. The van der Waals surface area contributed by atoms with Gasteiger partial charge in [0.25, 0.3) is 0 Å². The highest BCUT2D eigenvalue weighted by Crippen LogP contribution is 2.00. The van der Waals surface area contributed by atoms with Gasteiger partial charge in [-0.25, -0.2) is 0 Å². The SMILES string of the molecule is C=C/C=C(N)\C=C(/C)S(C)=O. The Bertz CT molecular complexity index is 228. The van der Waals surface area contributed by atoms with Crippen molar-refractivity contribution in [2.75, 3.05) is 6.26 Å². The lowest BCUT2D eigenvalue weighted by molar-refractivity contribution is 0.690. The zero-order chi connectivity index (χ0) is 8.85. The quantitative estimate of drug-likeness (QED) is 0.650. The molecule has 0 heterocycles. The number of hydrogen-bond donors (Lipinski definition) is 1. The highest BCUT2D eigenvalue weighted by Gasteiger charge is 1.92. The standard InChI is InChI=1S/C8H13NOS/c1-4-5-8(9)6-7(2)11(3)10/h4-6H,1,9H2,2-3H3/b7-6+,8-5+. The normalized spacial score (nSPS) is 16.2. The summed E-state index contributed by atoms with van der Waals surface area (Å²) < 4.78 is 10.8. The van der Waals surface area contributed by atoms with E-state index >= 15 is 0 Å². The van der Waals surface area contributed by atoms with Crippen LogP contribution in [0.15, 0.2) is 35.4 Å². The molecule has 0 aliphatic rings. The fourth-order valence-corrected chi connectivity index (χ4v) is 0.804. The van der Waals surface area contributed by atoms with Crippen molar-refractivity contribution in [3.05, 3.63) is 35.4 Å². The summed E-state index contributed by atoms with van der Waals surface area (Å²) in [7, 11) is -0.929. The summed E-state index contributed by atoms with van der Waals surface area (Å²) in [5.41, 5.74) is 6.08. The highest BCUT2D eigenvalue weighted by atomic mass is 32.2. The van der Waals surface area contributed by atoms with Crippen LogP contribution in [0.1, 0.15) is 6.92 Å². The van der Waals surface area contributed by atoms with Gasteiger partial charge in [-0.05, 0) is 19.1 Å². The lowest BCUT2D eigenvalue weighted by Gasteiger charge is -1.94. The monoisotopic (exact) mass is 171 g/mol. The van der Waals surface area contributed by atoms with Crippen LogP contribution in [-0.4, -0.2) is 10.5 Å². The Labute approximate surface area is 69.9 Å². The van der Waals surface area contributed by atoms with Gasteiger partial charge in [-0.1, -0.05) is 12.7 Å². The van der Waals surface area contributed by atoms with Crippen LogP contribution in [0.5, 0.6) is 0 Å². The van der Waals surface area contributed by atoms with Crippen molar-refractivity contribution in [2.24, 2.45) is 5.73 Å². The number of allylic oxidation sites excluding steroid dienone is 4. The second-order valence-electron chi connectivity index (χ2n) is 2.11. The third kappa shape index (κ3) is 4.56. The van der Waals surface area contributed by atoms with Gasteiger partial charge in [-0.2, -0.15) is 0 Å². The molecule has 1 unspecified atom stereocenters. The van der Waals surface area contributed by atoms with Crippen LogP contribution in [0.3, 0.4) is 0 Å². The van der Waals surface area contributed by atoms with Crippen LogP contribution in [0.2, 0.25) is 0 Å². The lowest BCUT2D eigenvalue weighted by atomic mass is 10.3. The Kier molecular flexibility index (Phi) is 4.54. The molecule has 3 heteroatoms. The Morgan fingerprint density at radius 3 is 2.55 bits per heavy atom. The molecule has 2 N–H and O–H groups in total. The third-order valence-electron chi connectivity index (χ3n) is 1.13. The second-order valence-corrected chi connectivity index (χ2v) is 3.66. The van der Waals surface area contributed by atoms with Crippen LogP contribution in [-0.2, 0) is 10.8 Å². The van der Waals surface area contributed by atoms with Gasteiger partial charge in [0.1, 0.15) is 0 Å². The fourth-order valence-electron chi connectivity index (χ4n) is 0.502. The molecule has 62 valence electrons. The zero-order valence-electron chi connectivity index (χ0n) is 6.83. The summed E-state index contributed by atoms with van der Waals surface area (Å²) in [6, 6.07) is 0. The maximum atomic E-state index is 10.8. The summed E-state index contributed by atoms with van der Waals surface area (Å²) in [4.78, 5) is 0.764. The van der Waals surface area contributed by atoms with Crippen molar-refractivity contribution in [3.63, 3.8) is 0 Å². The molecule has 0 aromatic heterocycles. The van der Waals surface area contributed by atoms with Crippen molar-refractivity contribution in [1.82, 2.24) is 0 Å². The molecule has 0 saturated heterocycles. The molecule has 0 radical (unpaired) electrons. The Morgan fingerprint density at radius 2 is 2.18 bits per heavy atom. The van der Waals surface area contributed by atoms with E-state index in [1.54, 1.807) is 31.4 Å². The summed E-state index contributed by atoms with van der Waals surface area (Å²) >= 11 is 0. The molecule has 0 fully saturated rings. The second kappa shape index (κ2) is 4.91. The van der Waals surface area contributed by atoms with Gasteiger partial charge in [0.15, 0.2) is 0 Å². The van der Waals surface area contributed by atoms with E-state index in [-0.39, 0.29) is 0 Å². The van der Waals surface area contributed by atoms with Crippen LogP contribution < -0.4 is 5.73 Å². The van der Waals surface area contributed by atoms with Crippen molar-refractivity contribution in [1.29, 1.82) is 0 Å². The molecular formula is C8H13NOS. The minimum Gasteiger partial charge on any atom is -0.399 e. The molecular weight excluding hydrogens is 158 g/mol. The van der Waals surface area contributed by atoms with E-state index < -0.39 is 10.8 Å². The van der Waals surface area contributed by atoms with Gasteiger partial charge in [0.05, 0.1) is 0 Å². The summed E-state index contributed by atoms with van der Waals surface area (Å²) in [5.74, 6) is 0. The average Bonchev–Trinajstić information content (AvgIpc) is 1.87. The third-order valence-corrected chi connectivity index (χ3v) is 2.16. The molecule has 0 spiro atoms. The molecule has 0 amide bonds. The van der Waals surface area contributed by atoms with Gasteiger partial charge in [0, 0.05) is 27.7 Å². The fraction of sp³-hybridized carbons (Fsp3) is 0.250. The number of nitrogens with two attached hydrogens (primary N) is 1. The smallest absolute Gasteiger partial charge is 0.0454 e. The summed E-state index contributed by atoms with van der Waals surface area (Å²) in [6.07, 6.45) is 6.55. The Morgan fingerprint density at radius 1 is 1.64 bits per heavy atom. The van der Waals surface area contributed by atoms with Gasteiger partial charge in [-0.3, -0.25) is 4.21 Å². The molecule has 0 aromatic rings.